The van der Waals surface area contributed by atoms with E-state index in [0.717, 1.165) is 10.7 Å². The first-order chi connectivity index (χ1) is 8.06. The number of hydrogen-bond acceptors (Lipinski definition) is 4. The molecule has 0 aromatic carbocycles. The molecule has 2 aromatic heterocycles. The molecule has 0 atom stereocenters. The summed E-state index contributed by atoms with van der Waals surface area (Å²) in [6.45, 7) is 4.75. The number of thiophene rings is 1. The van der Waals surface area contributed by atoms with Crippen LogP contribution in [0.4, 0.5) is 0 Å². The first kappa shape index (κ1) is 12.5. The Bertz CT molecular complexity index is 539. The molecule has 0 aliphatic rings. The van der Waals surface area contributed by atoms with Crippen molar-refractivity contribution in [2.75, 3.05) is 13.7 Å². The fraction of sp³-hybridized carbons (Fsp3) is 0.455. The predicted molar refractivity (Wildman–Crippen MR) is 71.9 cm³/mol. The van der Waals surface area contributed by atoms with Gasteiger partial charge < -0.3 is 4.74 Å². The number of nitrogens with one attached hydrogen (secondary N) is 1. The average Bonchev–Trinajstić information content (AvgIpc) is 2.85. The van der Waals surface area contributed by atoms with Gasteiger partial charge in [0.2, 0.25) is 0 Å². The zero-order valence-electron chi connectivity index (χ0n) is 10.1. The van der Waals surface area contributed by atoms with Crippen LogP contribution in [0.3, 0.4) is 0 Å². The average molecular weight is 269 g/mol. The van der Waals surface area contributed by atoms with E-state index in [9.17, 15) is 0 Å². The van der Waals surface area contributed by atoms with Gasteiger partial charge in [0.05, 0.1) is 17.0 Å². The van der Waals surface area contributed by atoms with Crippen molar-refractivity contribution in [3.05, 3.63) is 22.3 Å². The van der Waals surface area contributed by atoms with E-state index in [1.54, 1.807) is 18.4 Å². The van der Waals surface area contributed by atoms with Crippen molar-refractivity contribution in [2.45, 2.75) is 19.4 Å². The van der Waals surface area contributed by atoms with Gasteiger partial charge in [0.1, 0.15) is 0 Å². The van der Waals surface area contributed by atoms with Gasteiger partial charge in [-0.2, -0.15) is 5.10 Å². The van der Waals surface area contributed by atoms with Gasteiger partial charge in [-0.25, -0.2) is 0 Å². The van der Waals surface area contributed by atoms with Gasteiger partial charge in [-0.3, -0.25) is 9.67 Å². The maximum Gasteiger partial charge on any atom is 0.196 e. The summed E-state index contributed by atoms with van der Waals surface area (Å²) >= 11 is 6.95. The van der Waals surface area contributed by atoms with Crippen molar-refractivity contribution in [1.82, 2.24) is 14.8 Å². The second kappa shape index (κ2) is 4.72. The van der Waals surface area contributed by atoms with Gasteiger partial charge in [0, 0.05) is 7.11 Å². The second-order valence-electron chi connectivity index (χ2n) is 4.41. The number of aromatic amines is 1. The van der Waals surface area contributed by atoms with E-state index in [0.29, 0.717) is 11.4 Å². The quantitative estimate of drug-likeness (QED) is 0.868. The molecule has 2 rings (SSSR count). The molecule has 1 N–H and O–H groups in total. The summed E-state index contributed by atoms with van der Waals surface area (Å²) in [5.41, 5.74) is -0.224. The van der Waals surface area contributed by atoms with Crippen molar-refractivity contribution >= 4 is 23.6 Å². The molecule has 2 heterocycles. The summed E-state index contributed by atoms with van der Waals surface area (Å²) in [4.78, 5) is 1.10. The third-order valence-corrected chi connectivity index (χ3v) is 3.66. The molecule has 6 heteroatoms. The molecule has 0 aliphatic heterocycles. The number of rotatable bonds is 4. The summed E-state index contributed by atoms with van der Waals surface area (Å²) < 4.78 is 7.88. The summed E-state index contributed by atoms with van der Waals surface area (Å²) in [6, 6.07) is 4.04. The van der Waals surface area contributed by atoms with Gasteiger partial charge in [-0.15, -0.1) is 11.3 Å². The molecule has 0 spiro atoms. The van der Waals surface area contributed by atoms with Crippen LogP contribution in [0.5, 0.6) is 0 Å². The molecular weight excluding hydrogens is 254 g/mol. The second-order valence-corrected chi connectivity index (χ2v) is 5.74. The Kier molecular flexibility index (Phi) is 3.46. The number of aromatic nitrogens is 3. The highest BCUT2D eigenvalue weighted by molar-refractivity contribution is 7.71. The normalized spacial score (nSPS) is 11.9. The monoisotopic (exact) mass is 269 g/mol. The molecule has 17 heavy (non-hydrogen) atoms. The number of nitrogens with zero attached hydrogens (tertiary/aromatic N) is 2. The van der Waals surface area contributed by atoms with Crippen molar-refractivity contribution in [2.24, 2.45) is 0 Å². The minimum atomic E-state index is -0.224. The zero-order valence-corrected chi connectivity index (χ0v) is 11.7. The van der Waals surface area contributed by atoms with Crippen LogP contribution in [-0.4, -0.2) is 28.5 Å². The smallest absolute Gasteiger partial charge is 0.196 e. The fourth-order valence-corrected chi connectivity index (χ4v) is 2.93. The number of ether oxygens (including phenoxy) is 1. The van der Waals surface area contributed by atoms with Crippen molar-refractivity contribution in [1.29, 1.82) is 0 Å². The van der Waals surface area contributed by atoms with Crippen molar-refractivity contribution < 1.29 is 4.74 Å². The van der Waals surface area contributed by atoms with Crippen LogP contribution in [0.1, 0.15) is 13.8 Å². The lowest BCUT2D eigenvalue weighted by Gasteiger charge is -2.26. The van der Waals surface area contributed by atoms with E-state index < -0.39 is 0 Å². The third-order valence-electron chi connectivity index (χ3n) is 2.52. The van der Waals surface area contributed by atoms with Gasteiger partial charge in [-0.05, 0) is 37.5 Å². The van der Waals surface area contributed by atoms with Gasteiger partial charge in [0.25, 0.3) is 0 Å². The molecule has 0 aliphatic carbocycles. The highest BCUT2D eigenvalue weighted by atomic mass is 32.1. The van der Waals surface area contributed by atoms with E-state index in [-0.39, 0.29) is 5.54 Å². The van der Waals surface area contributed by atoms with Crippen LogP contribution in [0.15, 0.2) is 17.5 Å². The van der Waals surface area contributed by atoms with Crippen LogP contribution >= 0.6 is 23.6 Å². The molecule has 92 valence electrons. The molecule has 0 radical (unpaired) electrons. The molecule has 2 aromatic rings. The standard InChI is InChI=1S/C11H15N3OS2/c1-11(2,7-15-3)14-9(12-13-10(14)16)8-5-4-6-17-8/h4-6H,7H2,1-3H3,(H,13,16). The summed E-state index contributed by atoms with van der Waals surface area (Å²) in [6.07, 6.45) is 0. The molecular formula is C11H15N3OS2. The summed E-state index contributed by atoms with van der Waals surface area (Å²) in [5, 5.41) is 9.19. The Hall–Kier alpha value is -0.980. The molecule has 0 unspecified atom stereocenters. The molecule has 4 nitrogen and oxygen atoms in total. The maximum absolute atomic E-state index is 5.30. The molecule has 0 saturated heterocycles. The molecule has 0 fully saturated rings. The van der Waals surface area contributed by atoms with Gasteiger partial charge >= 0.3 is 0 Å². The van der Waals surface area contributed by atoms with Gasteiger partial charge in [-0.1, -0.05) is 6.07 Å². The number of methoxy groups -OCH3 is 1. The molecule has 0 bridgehead atoms. The van der Waals surface area contributed by atoms with Crippen LogP contribution in [0, 0.1) is 4.77 Å². The van der Waals surface area contributed by atoms with E-state index in [4.69, 9.17) is 17.0 Å². The first-order valence-electron chi connectivity index (χ1n) is 5.27. The van der Waals surface area contributed by atoms with E-state index >= 15 is 0 Å². The minimum absolute atomic E-state index is 0.224. The third kappa shape index (κ3) is 2.34. The highest BCUT2D eigenvalue weighted by Gasteiger charge is 2.25. The first-order valence-corrected chi connectivity index (χ1v) is 6.56. The van der Waals surface area contributed by atoms with Crippen LogP contribution in [-0.2, 0) is 10.3 Å². The largest absolute Gasteiger partial charge is 0.382 e. The fourth-order valence-electron chi connectivity index (χ4n) is 1.85. The highest BCUT2D eigenvalue weighted by Crippen LogP contribution is 2.28. The minimum Gasteiger partial charge on any atom is -0.382 e. The Labute approximate surface area is 109 Å². The lowest BCUT2D eigenvalue weighted by Crippen LogP contribution is -2.32. The van der Waals surface area contributed by atoms with Crippen molar-refractivity contribution in [3.8, 4) is 10.7 Å². The Morgan fingerprint density at radius 2 is 2.35 bits per heavy atom. The van der Waals surface area contributed by atoms with E-state index in [1.165, 1.54) is 0 Å². The van der Waals surface area contributed by atoms with Gasteiger partial charge in [0.15, 0.2) is 10.6 Å². The Morgan fingerprint density at radius 3 is 2.94 bits per heavy atom. The lowest BCUT2D eigenvalue weighted by atomic mass is 10.1. The van der Waals surface area contributed by atoms with Crippen LogP contribution in [0.2, 0.25) is 0 Å². The van der Waals surface area contributed by atoms with E-state index in [1.807, 2.05) is 22.1 Å². The van der Waals surface area contributed by atoms with Crippen LogP contribution < -0.4 is 0 Å². The molecule has 0 saturated carbocycles. The Balaban J connectivity index is 2.54. The lowest BCUT2D eigenvalue weighted by molar-refractivity contribution is 0.109. The van der Waals surface area contributed by atoms with Crippen molar-refractivity contribution in [3.63, 3.8) is 0 Å². The number of hydrogen-bond donors (Lipinski definition) is 1. The zero-order chi connectivity index (χ0) is 12.5. The summed E-state index contributed by atoms with van der Waals surface area (Å²) in [5.74, 6) is 0.868. The Morgan fingerprint density at radius 1 is 1.59 bits per heavy atom. The summed E-state index contributed by atoms with van der Waals surface area (Å²) in [7, 11) is 1.69. The van der Waals surface area contributed by atoms with E-state index in [2.05, 4.69) is 24.0 Å². The molecule has 0 amide bonds. The topological polar surface area (TPSA) is 42.8 Å². The predicted octanol–water partition coefficient (Wildman–Crippen LogP) is 3.05. The SMILES string of the molecule is COCC(C)(C)n1c(-c2cccs2)n[nH]c1=S. The van der Waals surface area contributed by atoms with Crippen LogP contribution in [0.25, 0.3) is 10.7 Å². The number of H-pyrrole nitrogens is 1. The maximum atomic E-state index is 5.30.